The van der Waals surface area contributed by atoms with Crippen LogP contribution in [0, 0.1) is 0 Å². The Morgan fingerprint density at radius 1 is 1.33 bits per heavy atom. The summed E-state index contributed by atoms with van der Waals surface area (Å²) in [5.41, 5.74) is 2.70. The fourth-order valence-corrected chi connectivity index (χ4v) is 2.36. The van der Waals surface area contributed by atoms with E-state index in [1.54, 1.807) is 6.07 Å². The van der Waals surface area contributed by atoms with E-state index < -0.39 is 0 Å². The Balaban J connectivity index is 2.10. The molecule has 1 aliphatic carbocycles. The minimum Gasteiger partial charge on any atom is -0.508 e. The zero-order chi connectivity index (χ0) is 10.8. The molecule has 1 aromatic carbocycles. The largest absolute Gasteiger partial charge is 0.508 e. The van der Waals surface area contributed by atoms with Crippen LogP contribution in [0.5, 0.6) is 5.75 Å². The molecule has 15 heavy (non-hydrogen) atoms. The predicted molar refractivity (Wildman–Crippen MR) is 62.2 cm³/mol. The first-order chi connectivity index (χ1) is 7.15. The van der Waals surface area contributed by atoms with Gasteiger partial charge in [0.25, 0.3) is 0 Å². The first kappa shape index (κ1) is 10.5. The normalized spacial score (nSPS) is 20.3. The third-order valence-corrected chi connectivity index (χ3v) is 2.99. The molecule has 0 aliphatic heterocycles. The predicted octanol–water partition coefficient (Wildman–Crippen LogP) is 2.25. The highest BCUT2D eigenvalue weighted by atomic mass is 16.3. The molecule has 1 aliphatic rings. The van der Waals surface area contributed by atoms with E-state index in [2.05, 4.69) is 25.2 Å². The molecular weight excluding hydrogens is 186 g/mol. The monoisotopic (exact) mass is 205 g/mol. The zero-order valence-electron chi connectivity index (χ0n) is 9.46. The topological polar surface area (TPSA) is 32.3 Å². The highest BCUT2D eigenvalue weighted by molar-refractivity contribution is 5.37. The third-order valence-electron chi connectivity index (χ3n) is 2.99. The fraction of sp³-hybridized carbons (Fsp3) is 0.538. The maximum atomic E-state index is 9.38. The van der Waals surface area contributed by atoms with Gasteiger partial charge in [0.2, 0.25) is 0 Å². The van der Waals surface area contributed by atoms with Crippen molar-refractivity contribution in [2.45, 2.75) is 45.2 Å². The average molecular weight is 205 g/mol. The van der Waals surface area contributed by atoms with Gasteiger partial charge in [-0.3, -0.25) is 0 Å². The van der Waals surface area contributed by atoms with E-state index in [1.807, 2.05) is 6.07 Å². The van der Waals surface area contributed by atoms with E-state index in [4.69, 9.17) is 0 Å². The van der Waals surface area contributed by atoms with Crippen LogP contribution in [0.25, 0.3) is 0 Å². The van der Waals surface area contributed by atoms with Crippen molar-refractivity contribution >= 4 is 0 Å². The van der Waals surface area contributed by atoms with Crippen molar-refractivity contribution < 1.29 is 5.11 Å². The van der Waals surface area contributed by atoms with Crippen molar-refractivity contribution in [2.75, 3.05) is 0 Å². The second-order valence-electron chi connectivity index (χ2n) is 4.71. The van der Waals surface area contributed by atoms with Crippen LogP contribution in [0.2, 0.25) is 0 Å². The summed E-state index contributed by atoms with van der Waals surface area (Å²) >= 11 is 0. The molecule has 0 amide bonds. The van der Waals surface area contributed by atoms with Gasteiger partial charge in [0.1, 0.15) is 5.75 Å². The van der Waals surface area contributed by atoms with Gasteiger partial charge in [0.05, 0.1) is 0 Å². The molecule has 0 aromatic heterocycles. The molecule has 0 radical (unpaired) electrons. The Labute approximate surface area is 91.3 Å². The van der Waals surface area contributed by atoms with Crippen molar-refractivity contribution in [1.82, 2.24) is 5.32 Å². The Morgan fingerprint density at radius 2 is 2.13 bits per heavy atom. The highest BCUT2D eigenvalue weighted by Crippen LogP contribution is 2.25. The van der Waals surface area contributed by atoms with Gasteiger partial charge in [-0.15, -0.1) is 0 Å². The van der Waals surface area contributed by atoms with Gasteiger partial charge in [0, 0.05) is 12.1 Å². The number of hydrogen-bond donors (Lipinski definition) is 2. The van der Waals surface area contributed by atoms with Crippen LogP contribution in [-0.2, 0) is 12.8 Å². The van der Waals surface area contributed by atoms with E-state index in [0.717, 1.165) is 12.8 Å². The van der Waals surface area contributed by atoms with E-state index in [1.165, 1.54) is 17.5 Å². The zero-order valence-corrected chi connectivity index (χ0v) is 9.46. The standard InChI is InChI=1S/C13H19NO/c1-9(2)14-12-5-3-11-8-13(15)6-4-10(11)7-12/h4,6,8-9,12,14-15H,3,5,7H2,1-2H3. The highest BCUT2D eigenvalue weighted by Gasteiger charge is 2.18. The molecule has 0 saturated heterocycles. The summed E-state index contributed by atoms with van der Waals surface area (Å²) in [6.07, 6.45) is 3.34. The van der Waals surface area contributed by atoms with Crippen LogP contribution < -0.4 is 5.32 Å². The molecule has 0 spiro atoms. The van der Waals surface area contributed by atoms with Crippen LogP contribution in [-0.4, -0.2) is 17.2 Å². The summed E-state index contributed by atoms with van der Waals surface area (Å²) in [7, 11) is 0. The molecule has 0 fully saturated rings. The van der Waals surface area contributed by atoms with E-state index in [0.29, 0.717) is 17.8 Å². The average Bonchev–Trinajstić information content (AvgIpc) is 2.17. The molecule has 2 rings (SSSR count). The molecule has 1 aromatic rings. The SMILES string of the molecule is CC(C)NC1CCc2cc(O)ccc2C1. The Morgan fingerprint density at radius 3 is 2.87 bits per heavy atom. The molecule has 1 atom stereocenters. The Bertz CT molecular complexity index is 346. The van der Waals surface area contributed by atoms with Crippen LogP contribution in [0.1, 0.15) is 31.4 Å². The van der Waals surface area contributed by atoms with E-state index in [-0.39, 0.29) is 0 Å². The number of benzene rings is 1. The lowest BCUT2D eigenvalue weighted by Gasteiger charge is -2.27. The minimum absolute atomic E-state index is 0.393. The number of rotatable bonds is 2. The van der Waals surface area contributed by atoms with Crippen LogP contribution >= 0.6 is 0 Å². The summed E-state index contributed by atoms with van der Waals surface area (Å²) < 4.78 is 0. The van der Waals surface area contributed by atoms with Crippen molar-refractivity contribution in [3.8, 4) is 5.75 Å². The first-order valence-electron chi connectivity index (χ1n) is 5.72. The molecule has 0 saturated carbocycles. The molecule has 2 N–H and O–H groups in total. The molecule has 0 heterocycles. The van der Waals surface area contributed by atoms with Gasteiger partial charge in [0.15, 0.2) is 0 Å². The van der Waals surface area contributed by atoms with Gasteiger partial charge >= 0.3 is 0 Å². The van der Waals surface area contributed by atoms with Gasteiger partial charge in [-0.2, -0.15) is 0 Å². The van der Waals surface area contributed by atoms with Gasteiger partial charge in [-0.25, -0.2) is 0 Å². The molecule has 82 valence electrons. The number of nitrogens with one attached hydrogen (secondary N) is 1. The van der Waals surface area contributed by atoms with E-state index >= 15 is 0 Å². The Hall–Kier alpha value is -1.02. The Kier molecular flexibility index (Phi) is 2.96. The van der Waals surface area contributed by atoms with Gasteiger partial charge in [-0.1, -0.05) is 19.9 Å². The summed E-state index contributed by atoms with van der Waals surface area (Å²) in [5.74, 6) is 0.393. The molecular formula is C13H19NO. The van der Waals surface area contributed by atoms with E-state index in [9.17, 15) is 5.11 Å². The number of aromatic hydroxyl groups is 1. The van der Waals surface area contributed by atoms with Gasteiger partial charge < -0.3 is 10.4 Å². The molecule has 0 bridgehead atoms. The molecule has 2 heteroatoms. The number of hydrogen-bond acceptors (Lipinski definition) is 2. The number of phenols is 1. The van der Waals surface area contributed by atoms with Crippen molar-refractivity contribution in [2.24, 2.45) is 0 Å². The second kappa shape index (κ2) is 4.23. The smallest absolute Gasteiger partial charge is 0.115 e. The lowest BCUT2D eigenvalue weighted by Crippen LogP contribution is -2.38. The van der Waals surface area contributed by atoms with Crippen molar-refractivity contribution in [3.63, 3.8) is 0 Å². The first-order valence-corrected chi connectivity index (χ1v) is 5.72. The van der Waals surface area contributed by atoms with Crippen LogP contribution in [0.15, 0.2) is 18.2 Å². The van der Waals surface area contributed by atoms with Crippen molar-refractivity contribution in [1.29, 1.82) is 0 Å². The minimum atomic E-state index is 0.393. The maximum absolute atomic E-state index is 9.38. The van der Waals surface area contributed by atoms with Crippen molar-refractivity contribution in [3.05, 3.63) is 29.3 Å². The maximum Gasteiger partial charge on any atom is 0.115 e. The quantitative estimate of drug-likeness (QED) is 0.776. The lowest BCUT2D eigenvalue weighted by molar-refractivity contribution is 0.419. The number of aryl methyl sites for hydroxylation is 1. The lowest BCUT2D eigenvalue weighted by atomic mass is 9.88. The number of phenolic OH excluding ortho intramolecular Hbond substituents is 1. The van der Waals surface area contributed by atoms with Gasteiger partial charge in [-0.05, 0) is 42.5 Å². The molecule has 2 nitrogen and oxygen atoms in total. The van der Waals surface area contributed by atoms with Crippen LogP contribution in [0.3, 0.4) is 0 Å². The summed E-state index contributed by atoms with van der Waals surface area (Å²) in [6.45, 7) is 4.37. The third kappa shape index (κ3) is 2.51. The summed E-state index contributed by atoms with van der Waals surface area (Å²) in [4.78, 5) is 0. The number of fused-ring (bicyclic) bond motifs is 1. The fourth-order valence-electron chi connectivity index (χ4n) is 2.36. The second-order valence-corrected chi connectivity index (χ2v) is 4.71. The molecule has 1 unspecified atom stereocenters. The summed E-state index contributed by atoms with van der Waals surface area (Å²) in [5, 5.41) is 13.0. The summed E-state index contributed by atoms with van der Waals surface area (Å²) in [6, 6.07) is 6.90. The van der Waals surface area contributed by atoms with Crippen LogP contribution in [0.4, 0.5) is 0 Å².